The summed E-state index contributed by atoms with van der Waals surface area (Å²) in [6.45, 7) is 0. The maximum atomic E-state index is 4.68. The summed E-state index contributed by atoms with van der Waals surface area (Å²) in [4.78, 5) is 12.4. The van der Waals surface area contributed by atoms with Gasteiger partial charge in [0, 0.05) is 19.8 Å². The molecule has 0 spiro atoms. The number of hydrogen-bond donors (Lipinski definition) is 0. The van der Waals surface area contributed by atoms with Crippen molar-refractivity contribution in [3.8, 4) is 10.6 Å². The van der Waals surface area contributed by atoms with Crippen molar-refractivity contribution in [2.45, 2.75) is 0 Å². The average molecular weight is 255 g/mol. The third-order valence-corrected chi connectivity index (χ3v) is 3.71. The minimum absolute atomic E-state index is 0.931. The van der Waals surface area contributed by atoms with Crippen molar-refractivity contribution in [2.75, 3.05) is 19.0 Å². The lowest BCUT2D eigenvalue weighted by molar-refractivity contribution is 1.13. The van der Waals surface area contributed by atoms with Crippen LogP contribution in [0.5, 0.6) is 0 Å². The molecule has 3 aromatic rings. The molecule has 0 aliphatic carbocycles. The van der Waals surface area contributed by atoms with Crippen LogP contribution in [-0.2, 0) is 0 Å². The van der Waals surface area contributed by atoms with E-state index in [2.05, 4.69) is 38.4 Å². The summed E-state index contributed by atoms with van der Waals surface area (Å²) >= 11 is 1.68. The Bertz CT molecular complexity index is 675. The molecule has 0 aliphatic heterocycles. The van der Waals surface area contributed by atoms with Crippen LogP contribution in [0.4, 0.5) is 5.69 Å². The van der Waals surface area contributed by atoms with Crippen LogP contribution in [-0.4, -0.2) is 24.1 Å². The number of benzene rings is 1. The van der Waals surface area contributed by atoms with Gasteiger partial charge in [-0.05, 0) is 29.6 Å². The average Bonchev–Trinajstić information content (AvgIpc) is 2.91. The third-order valence-electron chi connectivity index (χ3n) is 2.82. The Morgan fingerprint density at radius 2 is 2.00 bits per heavy atom. The fourth-order valence-electron chi connectivity index (χ4n) is 1.82. The van der Waals surface area contributed by atoms with Gasteiger partial charge in [-0.2, -0.15) is 0 Å². The van der Waals surface area contributed by atoms with Gasteiger partial charge in [-0.1, -0.05) is 6.07 Å². The molecule has 0 radical (unpaired) electrons. The summed E-state index contributed by atoms with van der Waals surface area (Å²) in [6.07, 6.45) is 1.84. The number of rotatable bonds is 2. The molecule has 3 rings (SSSR count). The molecule has 1 aromatic carbocycles. The Hall–Kier alpha value is -1.94. The Labute approximate surface area is 110 Å². The van der Waals surface area contributed by atoms with Crippen LogP contribution < -0.4 is 4.90 Å². The Balaban J connectivity index is 2.15. The predicted octanol–water partition coefficient (Wildman–Crippen LogP) is 3.42. The van der Waals surface area contributed by atoms with E-state index in [1.807, 2.05) is 32.4 Å². The third kappa shape index (κ3) is 1.95. The zero-order valence-corrected chi connectivity index (χ0v) is 11.1. The fourth-order valence-corrected chi connectivity index (χ4v) is 2.50. The molecule has 90 valence electrons. The second kappa shape index (κ2) is 4.38. The SMILES string of the molecule is CN(C)c1ccc2ncc(-c3cccs3)nc2c1. The lowest BCUT2D eigenvalue weighted by Crippen LogP contribution is -2.08. The van der Waals surface area contributed by atoms with Gasteiger partial charge in [-0.15, -0.1) is 11.3 Å². The molecule has 0 unspecified atom stereocenters. The standard InChI is InChI=1S/C14H13N3S/c1-17(2)10-5-6-11-12(8-10)16-13(9-15-11)14-4-3-7-18-14/h3-9H,1-2H3. The van der Waals surface area contributed by atoms with Crippen LogP contribution >= 0.6 is 11.3 Å². The van der Waals surface area contributed by atoms with E-state index in [0.717, 1.165) is 27.3 Å². The molecule has 0 aliphatic rings. The maximum absolute atomic E-state index is 4.68. The largest absolute Gasteiger partial charge is 0.378 e. The van der Waals surface area contributed by atoms with E-state index in [0.29, 0.717) is 0 Å². The number of hydrogen-bond acceptors (Lipinski definition) is 4. The summed E-state index contributed by atoms with van der Waals surface area (Å²) in [7, 11) is 4.05. The topological polar surface area (TPSA) is 29.0 Å². The number of aromatic nitrogens is 2. The lowest BCUT2D eigenvalue weighted by atomic mass is 10.2. The lowest BCUT2D eigenvalue weighted by Gasteiger charge is -2.12. The molecule has 2 aromatic heterocycles. The molecule has 0 atom stereocenters. The van der Waals surface area contributed by atoms with Crippen molar-refractivity contribution >= 4 is 28.1 Å². The van der Waals surface area contributed by atoms with E-state index in [1.165, 1.54) is 0 Å². The van der Waals surface area contributed by atoms with Gasteiger partial charge in [0.15, 0.2) is 0 Å². The van der Waals surface area contributed by atoms with E-state index in [4.69, 9.17) is 0 Å². The normalized spacial score (nSPS) is 10.8. The smallest absolute Gasteiger partial charge is 0.0992 e. The van der Waals surface area contributed by atoms with E-state index < -0.39 is 0 Å². The van der Waals surface area contributed by atoms with Crippen LogP contribution in [0.1, 0.15) is 0 Å². The van der Waals surface area contributed by atoms with Crippen LogP contribution in [0, 0.1) is 0 Å². The highest BCUT2D eigenvalue weighted by molar-refractivity contribution is 7.13. The van der Waals surface area contributed by atoms with Gasteiger partial charge in [-0.3, -0.25) is 4.98 Å². The van der Waals surface area contributed by atoms with Crippen LogP contribution in [0.25, 0.3) is 21.6 Å². The summed E-state index contributed by atoms with van der Waals surface area (Å²) < 4.78 is 0. The van der Waals surface area contributed by atoms with Crippen molar-refractivity contribution in [3.63, 3.8) is 0 Å². The summed E-state index contributed by atoms with van der Waals surface area (Å²) in [5.41, 5.74) is 3.95. The molecule has 0 saturated carbocycles. The van der Waals surface area contributed by atoms with Crippen molar-refractivity contribution in [1.82, 2.24) is 9.97 Å². The van der Waals surface area contributed by atoms with Crippen LogP contribution in [0.3, 0.4) is 0 Å². The summed E-state index contributed by atoms with van der Waals surface area (Å²) in [5.74, 6) is 0. The second-order valence-corrected chi connectivity index (χ2v) is 5.25. The Morgan fingerprint density at radius 3 is 2.72 bits per heavy atom. The molecule has 0 saturated heterocycles. The zero-order valence-electron chi connectivity index (χ0n) is 10.3. The van der Waals surface area contributed by atoms with Gasteiger partial charge in [0.05, 0.1) is 27.8 Å². The van der Waals surface area contributed by atoms with E-state index in [-0.39, 0.29) is 0 Å². The molecule has 2 heterocycles. The van der Waals surface area contributed by atoms with E-state index in [1.54, 1.807) is 11.3 Å². The maximum Gasteiger partial charge on any atom is 0.0992 e. The molecule has 18 heavy (non-hydrogen) atoms. The Kier molecular flexibility index (Phi) is 2.72. The van der Waals surface area contributed by atoms with Crippen molar-refractivity contribution < 1.29 is 0 Å². The first-order valence-corrected chi connectivity index (χ1v) is 6.60. The van der Waals surface area contributed by atoms with Gasteiger partial charge in [0.25, 0.3) is 0 Å². The first-order chi connectivity index (χ1) is 8.74. The number of thiophene rings is 1. The Morgan fingerprint density at radius 1 is 1.11 bits per heavy atom. The second-order valence-electron chi connectivity index (χ2n) is 4.30. The van der Waals surface area contributed by atoms with Gasteiger partial charge >= 0.3 is 0 Å². The van der Waals surface area contributed by atoms with Gasteiger partial charge in [0.2, 0.25) is 0 Å². The predicted molar refractivity (Wildman–Crippen MR) is 77.2 cm³/mol. The molecular formula is C14H13N3S. The van der Waals surface area contributed by atoms with Crippen LogP contribution in [0.2, 0.25) is 0 Å². The minimum Gasteiger partial charge on any atom is -0.378 e. The van der Waals surface area contributed by atoms with Crippen LogP contribution in [0.15, 0.2) is 41.9 Å². The molecule has 0 N–H and O–H groups in total. The monoisotopic (exact) mass is 255 g/mol. The molecule has 4 heteroatoms. The fraction of sp³-hybridized carbons (Fsp3) is 0.143. The molecule has 0 fully saturated rings. The highest BCUT2D eigenvalue weighted by atomic mass is 32.1. The van der Waals surface area contributed by atoms with E-state index >= 15 is 0 Å². The number of anilines is 1. The van der Waals surface area contributed by atoms with Gasteiger partial charge < -0.3 is 4.90 Å². The molecule has 0 bridgehead atoms. The van der Waals surface area contributed by atoms with Crippen molar-refractivity contribution in [2.24, 2.45) is 0 Å². The summed E-state index contributed by atoms with van der Waals surface area (Å²) in [6, 6.07) is 10.2. The van der Waals surface area contributed by atoms with Gasteiger partial charge in [-0.25, -0.2) is 4.98 Å². The number of fused-ring (bicyclic) bond motifs is 1. The number of nitrogens with zero attached hydrogens (tertiary/aromatic N) is 3. The molecular weight excluding hydrogens is 242 g/mol. The quantitative estimate of drug-likeness (QED) is 0.702. The first-order valence-electron chi connectivity index (χ1n) is 5.72. The van der Waals surface area contributed by atoms with Crippen molar-refractivity contribution in [3.05, 3.63) is 41.9 Å². The van der Waals surface area contributed by atoms with Crippen molar-refractivity contribution in [1.29, 1.82) is 0 Å². The van der Waals surface area contributed by atoms with E-state index in [9.17, 15) is 0 Å². The van der Waals surface area contributed by atoms with Gasteiger partial charge in [0.1, 0.15) is 0 Å². The molecule has 0 amide bonds. The highest BCUT2D eigenvalue weighted by Crippen LogP contribution is 2.25. The zero-order chi connectivity index (χ0) is 12.5. The first kappa shape index (κ1) is 11.2. The highest BCUT2D eigenvalue weighted by Gasteiger charge is 2.05. The summed E-state index contributed by atoms with van der Waals surface area (Å²) in [5, 5.41) is 2.05. The minimum atomic E-state index is 0.931. The molecule has 3 nitrogen and oxygen atoms in total.